The quantitative estimate of drug-likeness (QED) is 0.248. The van der Waals surface area contributed by atoms with Gasteiger partial charge in [0.15, 0.2) is 0 Å². The molecule has 0 radical (unpaired) electrons. The summed E-state index contributed by atoms with van der Waals surface area (Å²) < 4.78 is 0. The van der Waals surface area contributed by atoms with Crippen LogP contribution in [-0.4, -0.2) is 0 Å². The normalized spacial score (nSPS) is 11.9. The van der Waals surface area contributed by atoms with Gasteiger partial charge in [-0.25, -0.2) is 0 Å². The molecular formula is C18H34. The monoisotopic (exact) mass is 250 g/mol. The number of hydrogen-bond donors (Lipinski definition) is 0. The van der Waals surface area contributed by atoms with Crippen LogP contribution in [0.4, 0.5) is 0 Å². The summed E-state index contributed by atoms with van der Waals surface area (Å²) in [4.78, 5) is 0. The molecule has 0 aromatic carbocycles. The van der Waals surface area contributed by atoms with Crippen molar-refractivity contribution in [2.45, 2.75) is 90.9 Å². The minimum atomic E-state index is 1.24. The number of allylic oxidation sites excluding steroid dienone is 4. The lowest BCUT2D eigenvalue weighted by Crippen LogP contribution is -1.77. The van der Waals surface area contributed by atoms with Gasteiger partial charge in [0.1, 0.15) is 0 Å². The molecule has 106 valence electrons. The summed E-state index contributed by atoms with van der Waals surface area (Å²) in [5.41, 5.74) is 0. The zero-order chi connectivity index (χ0) is 13.3. The molecule has 0 rings (SSSR count). The van der Waals surface area contributed by atoms with E-state index in [-0.39, 0.29) is 0 Å². The van der Waals surface area contributed by atoms with Crippen LogP contribution in [0.2, 0.25) is 0 Å². The molecule has 0 N–H and O–H groups in total. The Bertz CT molecular complexity index is 188. The van der Waals surface area contributed by atoms with Gasteiger partial charge >= 0.3 is 0 Å². The maximum absolute atomic E-state index is 2.38. The van der Waals surface area contributed by atoms with E-state index in [1.807, 2.05) is 0 Å². The van der Waals surface area contributed by atoms with Gasteiger partial charge in [0.2, 0.25) is 0 Å². The topological polar surface area (TPSA) is 0 Å². The number of unbranched alkanes of at least 4 members (excludes halogenated alkanes) is 9. The summed E-state index contributed by atoms with van der Waals surface area (Å²) in [5.74, 6) is 0. The van der Waals surface area contributed by atoms with Crippen LogP contribution in [0.3, 0.4) is 0 Å². The Morgan fingerprint density at radius 3 is 1.56 bits per heavy atom. The van der Waals surface area contributed by atoms with Crippen molar-refractivity contribution in [3.8, 4) is 0 Å². The molecule has 0 aromatic rings. The van der Waals surface area contributed by atoms with Crippen molar-refractivity contribution in [3.63, 3.8) is 0 Å². The van der Waals surface area contributed by atoms with Gasteiger partial charge in [0.25, 0.3) is 0 Å². The zero-order valence-electron chi connectivity index (χ0n) is 12.8. The molecule has 0 aliphatic heterocycles. The first kappa shape index (κ1) is 17.5. The van der Waals surface area contributed by atoms with E-state index in [1.165, 1.54) is 77.0 Å². The van der Waals surface area contributed by atoms with Crippen molar-refractivity contribution < 1.29 is 0 Å². The first-order valence-corrected chi connectivity index (χ1v) is 8.21. The Morgan fingerprint density at radius 2 is 0.944 bits per heavy atom. The fraction of sp³-hybridized carbons (Fsp3) is 0.778. The van der Waals surface area contributed by atoms with Crippen LogP contribution in [-0.2, 0) is 0 Å². The molecule has 0 fully saturated rings. The molecule has 0 aromatic heterocycles. The molecule has 0 heteroatoms. The SMILES string of the molecule is CCC/C=C/CCC/C=C/CCCCCCCC. The zero-order valence-corrected chi connectivity index (χ0v) is 12.8. The molecule has 0 saturated heterocycles. The summed E-state index contributed by atoms with van der Waals surface area (Å²) in [5, 5.41) is 0. The molecule has 18 heavy (non-hydrogen) atoms. The molecule has 0 heterocycles. The fourth-order valence-corrected chi connectivity index (χ4v) is 2.03. The second kappa shape index (κ2) is 16.5. The first-order valence-electron chi connectivity index (χ1n) is 8.21. The average Bonchev–Trinajstić information content (AvgIpc) is 2.39. The molecule has 0 unspecified atom stereocenters. The van der Waals surface area contributed by atoms with E-state index >= 15 is 0 Å². The van der Waals surface area contributed by atoms with Gasteiger partial charge in [-0.15, -0.1) is 0 Å². The second-order valence-electron chi connectivity index (χ2n) is 5.22. The average molecular weight is 250 g/mol. The summed E-state index contributed by atoms with van der Waals surface area (Å²) in [6.07, 6.45) is 25.5. The number of rotatable bonds is 13. The molecule has 0 amide bonds. The molecule has 0 spiro atoms. The van der Waals surface area contributed by atoms with E-state index < -0.39 is 0 Å². The lowest BCUT2D eigenvalue weighted by atomic mass is 10.1. The third kappa shape index (κ3) is 15.5. The third-order valence-electron chi connectivity index (χ3n) is 3.25. The van der Waals surface area contributed by atoms with Crippen LogP contribution < -0.4 is 0 Å². The minimum Gasteiger partial charge on any atom is -0.0885 e. The van der Waals surface area contributed by atoms with Crippen molar-refractivity contribution in [1.29, 1.82) is 0 Å². The molecule has 0 atom stereocenters. The molecule has 0 saturated carbocycles. The van der Waals surface area contributed by atoms with Crippen molar-refractivity contribution in [2.75, 3.05) is 0 Å². The predicted molar refractivity (Wildman–Crippen MR) is 85.0 cm³/mol. The van der Waals surface area contributed by atoms with E-state index in [2.05, 4.69) is 38.2 Å². The van der Waals surface area contributed by atoms with Crippen LogP contribution in [0.1, 0.15) is 90.9 Å². The Morgan fingerprint density at radius 1 is 0.444 bits per heavy atom. The highest BCUT2D eigenvalue weighted by Crippen LogP contribution is 2.07. The van der Waals surface area contributed by atoms with Crippen LogP contribution in [0.5, 0.6) is 0 Å². The van der Waals surface area contributed by atoms with Crippen LogP contribution in [0.25, 0.3) is 0 Å². The largest absolute Gasteiger partial charge is 0.0885 e. The predicted octanol–water partition coefficient (Wildman–Crippen LogP) is 6.82. The summed E-state index contributed by atoms with van der Waals surface area (Å²) in [6, 6.07) is 0. The Hall–Kier alpha value is -0.520. The Balaban J connectivity index is 3.09. The maximum Gasteiger partial charge on any atom is -0.0348 e. The Labute approximate surface area is 116 Å². The maximum atomic E-state index is 2.38. The lowest BCUT2D eigenvalue weighted by Gasteiger charge is -1.97. The highest BCUT2D eigenvalue weighted by Gasteiger charge is 1.88. The van der Waals surface area contributed by atoms with Gasteiger partial charge in [0, 0.05) is 0 Å². The second-order valence-corrected chi connectivity index (χ2v) is 5.22. The van der Waals surface area contributed by atoms with Gasteiger partial charge < -0.3 is 0 Å². The van der Waals surface area contributed by atoms with Gasteiger partial charge in [0.05, 0.1) is 0 Å². The van der Waals surface area contributed by atoms with Crippen molar-refractivity contribution in [1.82, 2.24) is 0 Å². The minimum absolute atomic E-state index is 1.24. The molecular weight excluding hydrogens is 216 g/mol. The van der Waals surface area contributed by atoms with Crippen LogP contribution in [0.15, 0.2) is 24.3 Å². The standard InChI is InChI=1S/C18H34/c1-3-5-7-9-11-13-15-17-18-16-14-12-10-8-6-4-2/h7,9,17-18H,3-6,8,10-16H2,1-2H3/b9-7+,18-17+. The van der Waals surface area contributed by atoms with Gasteiger partial charge in [-0.2, -0.15) is 0 Å². The molecule has 0 aliphatic rings. The van der Waals surface area contributed by atoms with Gasteiger partial charge in [-0.05, 0) is 38.5 Å². The van der Waals surface area contributed by atoms with E-state index in [0.29, 0.717) is 0 Å². The van der Waals surface area contributed by atoms with Gasteiger partial charge in [-0.1, -0.05) is 76.7 Å². The lowest BCUT2D eigenvalue weighted by molar-refractivity contribution is 0.611. The first-order chi connectivity index (χ1) is 8.91. The molecule has 0 bridgehead atoms. The van der Waals surface area contributed by atoms with E-state index in [4.69, 9.17) is 0 Å². The Kier molecular flexibility index (Phi) is 16.0. The van der Waals surface area contributed by atoms with Crippen LogP contribution in [0, 0.1) is 0 Å². The smallest absolute Gasteiger partial charge is 0.0348 e. The van der Waals surface area contributed by atoms with E-state index in [9.17, 15) is 0 Å². The molecule has 0 nitrogen and oxygen atoms in total. The summed E-state index contributed by atoms with van der Waals surface area (Å²) >= 11 is 0. The highest BCUT2D eigenvalue weighted by atomic mass is 13.9. The van der Waals surface area contributed by atoms with Crippen molar-refractivity contribution >= 4 is 0 Å². The van der Waals surface area contributed by atoms with E-state index in [1.54, 1.807) is 0 Å². The highest BCUT2D eigenvalue weighted by molar-refractivity contribution is 4.85. The van der Waals surface area contributed by atoms with Gasteiger partial charge in [-0.3, -0.25) is 0 Å². The summed E-state index contributed by atoms with van der Waals surface area (Å²) in [7, 11) is 0. The summed E-state index contributed by atoms with van der Waals surface area (Å²) in [6.45, 7) is 4.51. The number of hydrogen-bond acceptors (Lipinski definition) is 0. The van der Waals surface area contributed by atoms with E-state index in [0.717, 1.165) is 0 Å². The third-order valence-corrected chi connectivity index (χ3v) is 3.25. The fourth-order valence-electron chi connectivity index (χ4n) is 2.03. The van der Waals surface area contributed by atoms with Crippen molar-refractivity contribution in [3.05, 3.63) is 24.3 Å². The van der Waals surface area contributed by atoms with Crippen molar-refractivity contribution in [2.24, 2.45) is 0 Å². The van der Waals surface area contributed by atoms with Crippen LogP contribution >= 0.6 is 0 Å². The molecule has 0 aliphatic carbocycles.